The van der Waals surface area contributed by atoms with Gasteiger partial charge >= 0.3 is 0 Å². The Morgan fingerprint density at radius 2 is 1.96 bits per heavy atom. The maximum Gasteiger partial charge on any atom is 0.222 e. The van der Waals surface area contributed by atoms with E-state index < -0.39 is 6.10 Å². The van der Waals surface area contributed by atoms with Gasteiger partial charge in [-0.25, -0.2) is 0 Å². The van der Waals surface area contributed by atoms with Gasteiger partial charge in [0.05, 0.1) is 37.9 Å². The summed E-state index contributed by atoms with van der Waals surface area (Å²) in [4.78, 5) is 12.5. The van der Waals surface area contributed by atoms with Gasteiger partial charge in [0, 0.05) is 18.6 Å². The molecule has 2 aliphatic heterocycles. The highest BCUT2D eigenvalue weighted by molar-refractivity contribution is 5.77. The lowest BCUT2D eigenvalue weighted by atomic mass is 9.96. The van der Waals surface area contributed by atoms with E-state index in [2.05, 4.69) is 34.9 Å². The first-order chi connectivity index (χ1) is 12.7. The molecule has 4 atom stereocenters. The third-order valence-corrected chi connectivity index (χ3v) is 5.65. The Labute approximate surface area is 154 Å². The number of aliphatic hydroxyl groups excluding tert-OH is 1. The number of ether oxygens (including phenoxy) is 2. The van der Waals surface area contributed by atoms with Crippen LogP contribution in [0.1, 0.15) is 30.4 Å². The van der Waals surface area contributed by atoms with Gasteiger partial charge in [0.1, 0.15) is 0 Å². The molecule has 0 aromatic heterocycles. The number of carbonyl (C=O) groups is 1. The minimum atomic E-state index is -0.463. The van der Waals surface area contributed by atoms with Crippen LogP contribution in [0.5, 0.6) is 0 Å². The van der Waals surface area contributed by atoms with Crippen LogP contribution in [0, 0.1) is 0 Å². The number of hydrogen-bond donors (Lipinski definition) is 3. The molecule has 1 amide bonds. The Morgan fingerprint density at radius 1 is 1.19 bits per heavy atom. The Bertz CT molecular complexity index is 613. The van der Waals surface area contributed by atoms with E-state index in [0.29, 0.717) is 26.2 Å². The molecule has 0 bridgehead atoms. The monoisotopic (exact) mass is 360 g/mol. The van der Waals surface area contributed by atoms with E-state index in [0.717, 1.165) is 25.7 Å². The molecule has 4 rings (SSSR count). The summed E-state index contributed by atoms with van der Waals surface area (Å²) >= 11 is 0. The second kappa shape index (κ2) is 8.05. The molecule has 142 valence electrons. The van der Waals surface area contributed by atoms with Crippen LogP contribution in [-0.2, 0) is 27.1 Å². The highest BCUT2D eigenvalue weighted by Crippen LogP contribution is 2.25. The van der Waals surface area contributed by atoms with Gasteiger partial charge in [0.2, 0.25) is 5.91 Å². The molecule has 0 unspecified atom stereocenters. The molecule has 0 radical (unpaired) electrons. The van der Waals surface area contributed by atoms with Gasteiger partial charge in [-0.15, -0.1) is 0 Å². The van der Waals surface area contributed by atoms with E-state index in [1.54, 1.807) is 0 Å². The smallest absolute Gasteiger partial charge is 0.222 e. The van der Waals surface area contributed by atoms with Gasteiger partial charge in [-0.1, -0.05) is 24.3 Å². The zero-order chi connectivity index (χ0) is 17.9. The fourth-order valence-corrected chi connectivity index (χ4v) is 4.32. The minimum Gasteiger partial charge on any atom is -0.389 e. The quantitative estimate of drug-likeness (QED) is 0.734. The van der Waals surface area contributed by atoms with Crippen LogP contribution in [0.15, 0.2) is 24.3 Å². The topological polar surface area (TPSA) is 79.8 Å². The predicted octanol–water partition coefficient (Wildman–Crippen LogP) is 0.557. The lowest BCUT2D eigenvalue weighted by Gasteiger charge is -2.38. The molecule has 26 heavy (non-hydrogen) atoms. The Kier molecular flexibility index (Phi) is 5.55. The first-order valence-electron chi connectivity index (χ1n) is 9.68. The van der Waals surface area contributed by atoms with Gasteiger partial charge in [-0.05, 0) is 36.8 Å². The zero-order valence-corrected chi connectivity index (χ0v) is 15.0. The van der Waals surface area contributed by atoms with Crippen LogP contribution in [0.3, 0.4) is 0 Å². The van der Waals surface area contributed by atoms with Crippen molar-refractivity contribution >= 4 is 5.91 Å². The molecule has 3 N–H and O–H groups in total. The SMILES string of the molecule is O=C(C[C@@H]1CC[C@@H]2NC[C@@H](O)COC[C@H]2O1)NC1Cc2ccccc2C1. The van der Waals surface area contributed by atoms with Gasteiger partial charge in [-0.3, -0.25) is 4.79 Å². The first-order valence-corrected chi connectivity index (χ1v) is 9.68. The average Bonchev–Trinajstić information content (AvgIpc) is 3.01. The number of hydrogen-bond acceptors (Lipinski definition) is 5. The minimum absolute atomic E-state index is 0.0511. The average molecular weight is 360 g/mol. The lowest BCUT2D eigenvalue weighted by molar-refractivity contribution is -0.138. The number of fused-ring (bicyclic) bond motifs is 2. The number of amides is 1. The molecule has 0 saturated carbocycles. The lowest BCUT2D eigenvalue weighted by Crippen LogP contribution is -2.54. The molecule has 1 aliphatic carbocycles. The van der Waals surface area contributed by atoms with E-state index in [1.807, 2.05) is 0 Å². The summed E-state index contributed by atoms with van der Waals surface area (Å²) in [7, 11) is 0. The summed E-state index contributed by atoms with van der Waals surface area (Å²) in [6.45, 7) is 1.32. The Hall–Kier alpha value is -1.47. The van der Waals surface area contributed by atoms with Crippen molar-refractivity contribution in [3.63, 3.8) is 0 Å². The van der Waals surface area contributed by atoms with Crippen molar-refractivity contribution < 1.29 is 19.4 Å². The van der Waals surface area contributed by atoms with Crippen LogP contribution < -0.4 is 10.6 Å². The van der Waals surface area contributed by atoms with Crippen molar-refractivity contribution in [1.82, 2.24) is 10.6 Å². The fraction of sp³-hybridized carbons (Fsp3) is 0.650. The van der Waals surface area contributed by atoms with Crippen LogP contribution in [0.4, 0.5) is 0 Å². The van der Waals surface area contributed by atoms with Crippen molar-refractivity contribution in [3.8, 4) is 0 Å². The summed E-state index contributed by atoms with van der Waals surface area (Å²) in [5, 5.41) is 16.2. The molecule has 6 nitrogen and oxygen atoms in total. The second-order valence-corrected chi connectivity index (χ2v) is 7.73. The van der Waals surface area contributed by atoms with E-state index in [4.69, 9.17) is 9.47 Å². The van der Waals surface area contributed by atoms with Crippen LogP contribution in [0.2, 0.25) is 0 Å². The fourth-order valence-electron chi connectivity index (χ4n) is 4.32. The number of benzene rings is 1. The maximum atomic E-state index is 12.5. The summed E-state index contributed by atoms with van der Waals surface area (Å²) < 4.78 is 11.7. The molecular weight excluding hydrogens is 332 g/mol. The van der Waals surface area contributed by atoms with Gasteiger partial charge in [-0.2, -0.15) is 0 Å². The van der Waals surface area contributed by atoms with Gasteiger partial charge < -0.3 is 25.2 Å². The standard InChI is InChI=1S/C20H28N2O4/c23-16-10-21-18-6-5-17(26-19(18)12-25-11-16)9-20(24)22-15-7-13-3-1-2-4-14(13)8-15/h1-4,15-19,21,23H,5-12H2,(H,22,24)/t16-,17+,18+,19-/m1/s1. The van der Waals surface area contributed by atoms with Crippen molar-refractivity contribution in [2.24, 2.45) is 0 Å². The molecule has 0 spiro atoms. The third-order valence-electron chi connectivity index (χ3n) is 5.65. The molecule has 1 aromatic carbocycles. The maximum absolute atomic E-state index is 12.5. The van der Waals surface area contributed by atoms with Crippen molar-refractivity contribution in [1.29, 1.82) is 0 Å². The van der Waals surface area contributed by atoms with E-state index >= 15 is 0 Å². The summed E-state index contributed by atoms with van der Waals surface area (Å²) in [5.74, 6) is 0.0707. The number of carbonyl (C=O) groups excluding carboxylic acids is 1. The first kappa shape index (κ1) is 17.9. The largest absolute Gasteiger partial charge is 0.389 e. The number of nitrogens with one attached hydrogen (secondary N) is 2. The highest BCUT2D eigenvalue weighted by atomic mass is 16.5. The van der Waals surface area contributed by atoms with E-state index in [1.165, 1.54) is 11.1 Å². The predicted molar refractivity (Wildman–Crippen MR) is 96.9 cm³/mol. The highest BCUT2D eigenvalue weighted by Gasteiger charge is 2.34. The Balaban J connectivity index is 1.25. The van der Waals surface area contributed by atoms with E-state index in [-0.39, 0.29) is 30.2 Å². The number of rotatable bonds is 3. The molecule has 1 aromatic rings. The molecular formula is C20H28N2O4. The normalized spacial score (nSPS) is 32.2. The van der Waals surface area contributed by atoms with Crippen molar-refractivity contribution in [3.05, 3.63) is 35.4 Å². The summed E-state index contributed by atoms with van der Waals surface area (Å²) in [6, 6.07) is 8.78. The van der Waals surface area contributed by atoms with E-state index in [9.17, 15) is 9.90 Å². The van der Waals surface area contributed by atoms with Crippen LogP contribution in [0.25, 0.3) is 0 Å². The summed E-state index contributed by atoms with van der Waals surface area (Å²) in [6.07, 6.45) is 3.44. The number of aliphatic hydroxyl groups is 1. The summed E-state index contributed by atoms with van der Waals surface area (Å²) in [5.41, 5.74) is 2.68. The molecule has 6 heteroatoms. The Morgan fingerprint density at radius 3 is 2.73 bits per heavy atom. The molecule has 3 aliphatic rings. The van der Waals surface area contributed by atoms with Crippen LogP contribution in [-0.4, -0.2) is 61.2 Å². The van der Waals surface area contributed by atoms with Gasteiger partial charge in [0.15, 0.2) is 0 Å². The molecule has 2 saturated heterocycles. The number of β-amino-alcohol motifs (C(OH)–C–C–N with tert-alkyl or cyclic N) is 1. The van der Waals surface area contributed by atoms with Crippen molar-refractivity contribution in [2.45, 2.75) is 62.5 Å². The van der Waals surface area contributed by atoms with Crippen molar-refractivity contribution in [2.75, 3.05) is 19.8 Å². The molecule has 2 heterocycles. The second-order valence-electron chi connectivity index (χ2n) is 7.73. The zero-order valence-electron chi connectivity index (χ0n) is 15.0. The van der Waals surface area contributed by atoms with Gasteiger partial charge in [0.25, 0.3) is 0 Å². The van der Waals surface area contributed by atoms with Crippen LogP contribution >= 0.6 is 0 Å². The third kappa shape index (κ3) is 4.26. The molecule has 2 fully saturated rings.